The molecule has 1 saturated heterocycles. The predicted octanol–water partition coefficient (Wildman–Crippen LogP) is 2.41. The lowest BCUT2D eigenvalue weighted by Gasteiger charge is -2.31. The van der Waals surface area contributed by atoms with E-state index in [4.69, 9.17) is 0 Å². The van der Waals surface area contributed by atoms with E-state index in [-0.39, 0.29) is 12.3 Å². The quantitative estimate of drug-likeness (QED) is 0.694. The Morgan fingerprint density at radius 3 is 3.15 bits per heavy atom. The Bertz CT molecular complexity index is 643. The Labute approximate surface area is 119 Å². The highest BCUT2D eigenvalue weighted by atomic mass is 32.1. The molecule has 3 rings (SSSR count). The van der Waals surface area contributed by atoms with Gasteiger partial charge in [-0.3, -0.25) is 10.1 Å². The van der Waals surface area contributed by atoms with Gasteiger partial charge in [-0.25, -0.2) is 4.98 Å². The van der Waals surface area contributed by atoms with E-state index >= 15 is 0 Å². The van der Waals surface area contributed by atoms with Crippen LogP contribution in [-0.2, 0) is 0 Å². The molecule has 7 heteroatoms. The summed E-state index contributed by atoms with van der Waals surface area (Å²) in [5.41, 5.74) is 0.742. The largest absolute Gasteiger partial charge is 0.396 e. The normalized spacial score (nSPS) is 19.4. The second-order valence-corrected chi connectivity index (χ2v) is 6.05. The topological polar surface area (TPSA) is 79.5 Å². The minimum absolute atomic E-state index is 0.0706. The number of thiazole rings is 1. The molecule has 0 unspecified atom stereocenters. The number of hydrogen-bond donors (Lipinski definition) is 1. The maximum absolute atomic E-state index is 10.8. The number of aliphatic hydroxyl groups is 1. The van der Waals surface area contributed by atoms with Crippen molar-refractivity contribution in [2.24, 2.45) is 5.92 Å². The number of nitrogens with zero attached hydrogens (tertiary/aromatic N) is 3. The highest BCUT2D eigenvalue weighted by molar-refractivity contribution is 7.22. The molecule has 2 aromatic rings. The van der Waals surface area contributed by atoms with E-state index in [1.807, 2.05) is 0 Å². The van der Waals surface area contributed by atoms with E-state index in [9.17, 15) is 15.2 Å². The first-order valence-electron chi connectivity index (χ1n) is 6.58. The molecule has 1 aliphatic rings. The molecule has 1 N–H and O–H groups in total. The Morgan fingerprint density at radius 2 is 2.40 bits per heavy atom. The van der Waals surface area contributed by atoms with Gasteiger partial charge in [0.15, 0.2) is 5.13 Å². The second kappa shape index (κ2) is 5.34. The summed E-state index contributed by atoms with van der Waals surface area (Å²) in [5.74, 6) is 0.296. The van der Waals surface area contributed by atoms with Crippen LogP contribution >= 0.6 is 11.3 Å². The molecule has 2 heterocycles. The Kier molecular flexibility index (Phi) is 3.54. The maximum Gasteiger partial charge on any atom is 0.271 e. The zero-order valence-corrected chi connectivity index (χ0v) is 11.7. The van der Waals surface area contributed by atoms with Gasteiger partial charge in [0, 0.05) is 31.8 Å². The number of non-ortho nitro benzene ring substituents is 1. The van der Waals surface area contributed by atoms with Crippen molar-refractivity contribution in [2.75, 3.05) is 24.6 Å². The van der Waals surface area contributed by atoms with Gasteiger partial charge in [0.25, 0.3) is 5.69 Å². The number of fused-ring (bicyclic) bond motifs is 1. The number of anilines is 1. The minimum Gasteiger partial charge on any atom is -0.396 e. The summed E-state index contributed by atoms with van der Waals surface area (Å²) in [4.78, 5) is 17.1. The molecule has 0 aliphatic carbocycles. The van der Waals surface area contributed by atoms with Crippen LogP contribution in [0.15, 0.2) is 18.2 Å². The molecule has 6 nitrogen and oxygen atoms in total. The highest BCUT2D eigenvalue weighted by Crippen LogP contribution is 2.33. The van der Waals surface area contributed by atoms with Gasteiger partial charge in [0.1, 0.15) is 0 Å². The molecule has 1 fully saturated rings. The first-order chi connectivity index (χ1) is 9.67. The summed E-state index contributed by atoms with van der Waals surface area (Å²) < 4.78 is 0.955. The maximum atomic E-state index is 10.8. The Balaban J connectivity index is 1.90. The van der Waals surface area contributed by atoms with E-state index in [1.165, 1.54) is 12.1 Å². The number of benzene rings is 1. The second-order valence-electron chi connectivity index (χ2n) is 5.04. The van der Waals surface area contributed by atoms with E-state index in [1.54, 1.807) is 17.4 Å². The number of hydrogen-bond acceptors (Lipinski definition) is 6. The van der Waals surface area contributed by atoms with Crippen LogP contribution in [0.5, 0.6) is 0 Å². The number of aromatic nitrogens is 1. The fourth-order valence-corrected chi connectivity index (χ4v) is 3.52. The van der Waals surface area contributed by atoms with E-state index in [0.717, 1.165) is 35.8 Å². The number of rotatable bonds is 3. The lowest BCUT2D eigenvalue weighted by atomic mass is 10.00. The van der Waals surface area contributed by atoms with Crippen LogP contribution in [0.4, 0.5) is 10.8 Å². The Morgan fingerprint density at radius 1 is 1.55 bits per heavy atom. The minimum atomic E-state index is -0.402. The lowest BCUT2D eigenvalue weighted by Crippen LogP contribution is -2.36. The third-order valence-corrected chi connectivity index (χ3v) is 4.72. The zero-order chi connectivity index (χ0) is 14.1. The predicted molar refractivity (Wildman–Crippen MR) is 78.3 cm³/mol. The smallest absolute Gasteiger partial charge is 0.271 e. The third kappa shape index (κ3) is 2.46. The molecule has 1 aromatic heterocycles. The van der Waals surface area contributed by atoms with Crippen molar-refractivity contribution >= 4 is 32.4 Å². The van der Waals surface area contributed by atoms with Gasteiger partial charge in [0.2, 0.25) is 0 Å². The van der Waals surface area contributed by atoms with Gasteiger partial charge in [-0.05, 0) is 24.8 Å². The summed E-state index contributed by atoms with van der Waals surface area (Å²) in [6.07, 6.45) is 2.09. The van der Waals surface area contributed by atoms with Crippen molar-refractivity contribution in [3.63, 3.8) is 0 Å². The average Bonchev–Trinajstić information content (AvgIpc) is 2.90. The van der Waals surface area contributed by atoms with Crippen LogP contribution in [0.2, 0.25) is 0 Å². The van der Waals surface area contributed by atoms with Crippen molar-refractivity contribution < 1.29 is 10.0 Å². The molecule has 0 radical (unpaired) electrons. The van der Waals surface area contributed by atoms with Crippen molar-refractivity contribution in [1.29, 1.82) is 0 Å². The number of nitro groups is 1. The molecule has 0 spiro atoms. The van der Waals surface area contributed by atoms with Crippen LogP contribution < -0.4 is 4.90 Å². The van der Waals surface area contributed by atoms with E-state index in [0.29, 0.717) is 11.4 Å². The fourth-order valence-electron chi connectivity index (χ4n) is 2.54. The molecule has 1 aliphatic heterocycles. The van der Waals surface area contributed by atoms with Crippen LogP contribution in [0.25, 0.3) is 10.2 Å². The first kappa shape index (κ1) is 13.3. The first-order valence-corrected chi connectivity index (χ1v) is 7.40. The number of aliphatic hydroxyl groups excluding tert-OH is 1. The van der Waals surface area contributed by atoms with E-state index < -0.39 is 4.92 Å². The van der Waals surface area contributed by atoms with Crippen molar-refractivity contribution in [3.8, 4) is 0 Å². The van der Waals surface area contributed by atoms with Crippen LogP contribution in [0.1, 0.15) is 12.8 Å². The molecule has 0 amide bonds. The Hall–Kier alpha value is -1.73. The average molecular weight is 293 g/mol. The van der Waals surface area contributed by atoms with Gasteiger partial charge in [0.05, 0.1) is 15.1 Å². The van der Waals surface area contributed by atoms with Crippen LogP contribution in [0.3, 0.4) is 0 Å². The van der Waals surface area contributed by atoms with Crippen LogP contribution in [-0.4, -0.2) is 34.7 Å². The summed E-state index contributed by atoms with van der Waals surface area (Å²) in [7, 11) is 0. The van der Waals surface area contributed by atoms with Gasteiger partial charge in [-0.2, -0.15) is 0 Å². The SMILES string of the molecule is O=[N+]([O-])c1ccc2sc(N3CCC[C@H](CO)C3)nc2c1. The monoisotopic (exact) mass is 293 g/mol. The molecule has 1 atom stereocenters. The molecule has 0 saturated carbocycles. The molecule has 20 heavy (non-hydrogen) atoms. The molecule has 0 bridgehead atoms. The molecule has 1 aromatic carbocycles. The van der Waals surface area contributed by atoms with Crippen LogP contribution in [0, 0.1) is 16.0 Å². The van der Waals surface area contributed by atoms with E-state index in [2.05, 4.69) is 9.88 Å². The zero-order valence-electron chi connectivity index (χ0n) is 10.9. The summed E-state index contributed by atoms with van der Waals surface area (Å²) in [6.45, 7) is 1.93. The third-order valence-electron chi connectivity index (χ3n) is 3.62. The summed E-state index contributed by atoms with van der Waals surface area (Å²) in [5, 5.41) is 20.9. The summed E-state index contributed by atoms with van der Waals surface area (Å²) >= 11 is 1.55. The van der Waals surface area contributed by atoms with Crippen molar-refractivity contribution in [2.45, 2.75) is 12.8 Å². The van der Waals surface area contributed by atoms with Gasteiger partial charge < -0.3 is 10.0 Å². The highest BCUT2D eigenvalue weighted by Gasteiger charge is 2.22. The fraction of sp³-hybridized carbons (Fsp3) is 0.462. The standard InChI is InChI=1S/C13H15N3O3S/c17-8-9-2-1-5-15(7-9)13-14-11-6-10(16(18)19)3-4-12(11)20-13/h3-4,6,9,17H,1-2,5,7-8H2/t9-/m0/s1. The van der Waals surface area contributed by atoms with Gasteiger partial charge in [-0.1, -0.05) is 11.3 Å². The molecule has 106 valence electrons. The summed E-state index contributed by atoms with van der Waals surface area (Å²) in [6, 6.07) is 4.78. The van der Waals surface area contributed by atoms with Crippen molar-refractivity contribution in [1.82, 2.24) is 4.98 Å². The molecular weight excluding hydrogens is 278 g/mol. The number of nitro benzene ring substituents is 1. The van der Waals surface area contributed by atoms with Crippen molar-refractivity contribution in [3.05, 3.63) is 28.3 Å². The lowest BCUT2D eigenvalue weighted by molar-refractivity contribution is -0.384. The number of piperidine rings is 1. The van der Waals surface area contributed by atoms with Gasteiger partial charge in [-0.15, -0.1) is 0 Å². The molecular formula is C13H15N3O3S. The van der Waals surface area contributed by atoms with Gasteiger partial charge >= 0.3 is 0 Å².